The molecule has 1 aromatic heterocycles. The van der Waals surface area contributed by atoms with Gasteiger partial charge in [-0.1, -0.05) is 17.3 Å². The molecule has 0 N–H and O–H groups in total. The number of carbonyl (C=O) groups excluding carboxylic acids is 1. The molecule has 2 aromatic carbocycles. The first-order valence-electron chi connectivity index (χ1n) is 6.88. The minimum absolute atomic E-state index is 0.374. The summed E-state index contributed by atoms with van der Waals surface area (Å²) in [4.78, 5) is 15.8. The van der Waals surface area contributed by atoms with Gasteiger partial charge in [-0.05, 0) is 36.4 Å². The van der Waals surface area contributed by atoms with Crippen molar-refractivity contribution in [1.82, 2.24) is 10.1 Å². The van der Waals surface area contributed by atoms with Gasteiger partial charge in [-0.15, -0.1) is 0 Å². The number of hydrogen-bond acceptors (Lipinski definition) is 6. The maximum atomic E-state index is 11.4. The summed E-state index contributed by atoms with van der Waals surface area (Å²) >= 11 is 0. The highest BCUT2D eigenvalue weighted by molar-refractivity contribution is 5.89. The van der Waals surface area contributed by atoms with E-state index in [4.69, 9.17) is 9.26 Å². The van der Waals surface area contributed by atoms with E-state index in [1.807, 2.05) is 24.3 Å². The number of hydrogen-bond donors (Lipinski definition) is 0. The highest BCUT2D eigenvalue weighted by Gasteiger charge is 2.12. The summed E-state index contributed by atoms with van der Waals surface area (Å²) in [7, 11) is 2.94. The Kier molecular flexibility index (Phi) is 4.05. The van der Waals surface area contributed by atoms with Gasteiger partial charge in [0, 0.05) is 11.1 Å². The van der Waals surface area contributed by atoms with E-state index in [0.717, 1.165) is 16.9 Å². The molecule has 0 aliphatic rings. The number of methoxy groups -OCH3 is 2. The molecule has 116 valence electrons. The number of rotatable bonds is 4. The largest absolute Gasteiger partial charge is 0.497 e. The standard InChI is InChI=1S/C17H14N2O4/c1-21-14-5-3-4-13(10-14)15-18-16(23-19-15)11-6-8-12(9-7-11)17(20)22-2/h3-10H,1-2H3. The Bertz CT molecular complexity index is 825. The van der Waals surface area contributed by atoms with Crippen molar-refractivity contribution in [1.29, 1.82) is 0 Å². The fourth-order valence-electron chi connectivity index (χ4n) is 2.09. The Balaban J connectivity index is 1.88. The fourth-order valence-corrected chi connectivity index (χ4v) is 2.09. The predicted octanol–water partition coefficient (Wildman–Crippen LogP) is 3.20. The monoisotopic (exact) mass is 310 g/mol. The molecule has 0 saturated carbocycles. The van der Waals surface area contributed by atoms with Crippen LogP contribution in [-0.4, -0.2) is 30.3 Å². The molecule has 0 bridgehead atoms. The molecule has 0 unspecified atom stereocenters. The summed E-state index contributed by atoms with van der Waals surface area (Å²) in [6.07, 6.45) is 0. The molecular weight excluding hydrogens is 296 g/mol. The molecule has 0 atom stereocenters. The van der Waals surface area contributed by atoms with Crippen molar-refractivity contribution in [3.63, 3.8) is 0 Å². The van der Waals surface area contributed by atoms with E-state index in [1.54, 1.807) is 31.4 Å². The maximum Gasteiger partial charge on any atom is 0.337 e. The van der Waals surface area contributed by atoms with Crippen LogP contribution in [0.2, 0.25) is 0 Å². The number of carbonyl (C=O) groups is 1. The maximum absolute atomic E-state index is 11.4. The van der Waals surface area contributed by atoms with Gasteiger partial charge in [0.05, 0.1) is 19.8 Å². The van der Waals surface area contributed by atoms with Gasteiger partial charge in [-0.2, -0.15) is 4.98 Å². The van der Waals surface area contributed by atoms with Crippen LogP contribution in [-0.2, 0) is 4.74 Å². The lowest BCUT2D eigenvalue weighted by molar-refractivity contribution is 0.0600. The van der Waals surface area contributed by atoms with Gasteiger partial charge >= 0.3 is 5.97 Å². The highest BCUT2D eigenvalue weighted by atomic mass is 16.5. The molecule has 6 nitrogen and oxygen atoms in total. The summed E-state index contributed by atoms with van der Waals surface area (Å²) < 4.78 is 15.1. The van der Waals surface area contributed by atoms with E-state index in [1.165, 1.54) is 7.11 Å². The summed E-state index contributed by atoms with van der Waals surface area (Å²) in [5.41, 5.74) is 1.98. The van der Waals surface area contributed by atoms with Gasteiger partial charge in [-0.3, -0.25) is 0 Å². The molecule has 0 aliphatic heterocycles. The zero-order chi connectivity index (χ0) is 16.2. The van der Waals surface area contributed by atoms with Crippen LogP contribution in [0, 0.1) is 0 Å². The first-order valence-corrected chi connectivity index (χ1v) is 6.88. The van der Waals surface area contributed by atoms with Crippen LogP contribution < -0.4 is 4.74 Å². The molecule has 0 fully saturated rings. The van der Waals surface area contributed by atoms with Crippen LogP contribution in [0.4, 0.5) is 0 Å². The van der Waals surface area contributed by atoms with Crippen molar-refractivity contribution >= 4 is 5.97 Å². The number of aromatic nitrogens is 2. The van der Waals surface area contributed by atoms with E-state index in [2.05, 4.69) is 14.9 Å². The minimum atomic E-state index is -0.390. The summed E-state index contributed by atoms with van der Waals surface area (Å²) in [5.74, 6) is 1.17. The zero-order valence-corrected chi connectivity index (χ0v) is 12.6. The van der Waals surface area contributed by atoms with Crippen molar-refractivity contribution in [2.24, 2.45) is 0 Å². The smallest absolute Gasteiger partial charge is 0.337 e. The van der Waals surface area contributed by atoms with E-state index in [-0.39, 0.29) is 5.97 Å². The SMILES string of the molecule is COC(=O)c1ccc(-c2nc(-c3cccc(OC)c3)no2)cc1. The van der Waals surface area contributed by atoms with E-state index in [9.17, 15) is 4.79 Å². The lowest BCUT2D eigenvalue weighted by atomic mass is 10.1. The zero-order valence-electron chi connectivity index (χ0n) is 12.6. The lowest BCUT2D eigenvalue weighted by Crippen LogP contribution is -2.00. The Morgan fingerprint density at radius 1 is 1.04 bits per heavy atom. The second kappa shape index (κ2) is 6.31. The van der Waals surface area contributed by atoms with E-state index in [0.29, 0.717) is 17.3 Å². The second-order valence-electron chi connectivity index (χ2n) is 4.72. The van der Waals surface area contributed by atoms with Crippen molar-refractivity contribution in [2.45, 2.75) is 0 Å². The summed E-state index contributed by atoms with van der Waals surface area (Å²) in [6, 6.07) is 14.2. The summed E-state index contributed by atoms with van der Waals surface area (Å²) in [6.45, 7) is 0. The van der Waals surface area contributed by atoms with Crippen molar-refractivity contribution in [3.8, 4) is 28.6 Å². The van der Waals surface area contributed by atoms with Crippen LogP contribution >= 0.6 is 0 Å². The van der Waals surface area contributed by atoms with Crippen LogP contribution in [0.3, 0.4) is 0 Å². The van der Waals surface area contributed by atoms with Crippen molar-refractivity contribution in [3.05, 3.63) is 54.1 Å². The Hall–Kier alpha value is -3.15. The third kappa shape index (κ3) is 3.06. The van der Waals surface area contributed by atoms with E-state index >= 15 is 0 Å². The first kappa shape index (κ1) is 14.8. The molecule has 0 spiro atoms. The van der Waals surface area contributed by atoms with Crippen LogP contribution in [0.1, 0.15) is 10.4 Å². The topological polar surface area (TPSA) is 74.5 Å². The Labute approximate surface area is 132 Å². The van der Waals surface area contributed by atoms with E-state index < -0.39 is 0 Å². The number of benzene rings is 2. The predicted molar refractivity (Wildman–Crippen MR) is 83.1 cm³/mol. The molecule has 3 aromatic rings. The van der Waals surface area contributed by atoms with Crippen LogP contribution in [0.25, 0.3) is 22.8 Å². The molecule has 1 heterocycles. The number of nitrogens with zero attached hydrogens (tertiary/aromatic N) is 2. The van der Waals surface area contributed by atoms with Gasteiger partial charge in [0.1, 0.15) is 5.75 Å². The van der Waals surface area contributed by atoms with Crippen LogP contribution in [0.15, 0.2) is 53.1 Å². The Morgan fingerprint density at radius 2 is 1.83 bits per heavy atom. The average Bonchev–Trinajstić information content (AvgIpc) is 3.11. The first-order chi connectivity index (χ1) is 11.2. The average molecular weight is 310 g/mol. The number of esters is 1. The lowest BCUT2D eigenvalue weighted by Gasteiger charge is -2.00. The van der Waals surface area contributed by atoms with Crippen molar-refractivity contribution in [2.75, 3.05) is 14.2 Å². The molecule has 0 saturated heterocycles. The molecule has 3 rings (SSSR count). The molecule has 23 heavy (non-hydrogen) atoms. The molecular formula is C17H14N2O4. The number of ether oxygens (including phenoxy) is 2. The third-order valence-electron chi connectivity index (χ3n) is 3.31. The summed E-state index contributed by atoms with van der Waals surface area (Å²) in [5, 5.41) is 3.98. The van der Waals surface area contributed by atoms with Gasteiger partial charge in [0.15, 0.2) is 0 Å². The quantitative estimate of drug-likeness (QED) is 0.689. The Morgan fingerprint density at radius 3 is 2.52 bits per heavy atom. The second-order valence-corrected chi connectivity index (χ2v) is 4.72. The van der Waals surface area contributed by atoms with Gasteiger partial charge in [0.25, 0.3) is 5.89 Å². The van der Waals surface area contributed by atoms with Crippen molar-refractivity contribution < 1.29 is 18.8 Å². The van der Waals surface area contributed by atoms with Gasteiger partial charge in [-0.25, -0.2) is 4.79 Å². The third-order valence-corrected chi connectivity index (χ3v) is 3.31. The van der Waals surface area contributed by atoms with Crippen LogP contribution in [0.5, 0.6) is 5.75 Å². The normalized spacial score (nSPS) is 10.3. The van der Waals surface area contributed by atoms with Gasteiger partial charge in [0.2, 0.25) is 5.82 Å². The van der Waals surface area contributed by atoms with Gasteiger partial charge < -0.3 is 14.0 Å². The molecule has 6 heteroatoms. The molecule has 0 amide bonds. The molecule has 0 aliphatic carbocycles. The highest BCUT2D eigenvalue weighted by Crippen LogP contribution is 2.25. The molecule has 0 radical (unpaired) electrons. The fraction of sp³-hybridized carbons (Fsp3) is 0.118. The minimum Gasteiger partial charge on any atom is -0.497 e.